The Labute approximate surface area is 121 Å². The lowest BCUT2D eigenvalue weighted by atomic mass is 10.1. The second-order valence-corrected chi connectivity index (χ2v) is 5.40. The van der Waals surface area contributed by atoms with E-state index in [1.165, 1.54) is 17.0 Å². The van der Waals surface area contributed by atoms with Gasteiger partial charge in [-0.3, -0.25) is 10.6 Å². The number of hydrazine groups is 1. The van der Waals surface area contributed by atoms with Gasteiger partial charge in [0.25, 0.3) is 5.91 Å². The fourth-order valence-corrected chi connectivity index (χ4v) is 2.32. The summed E-state index contributed by atoms with van der Waals surface area (Å²) in [5.74, 6) is 5.12. The van der Waals surface area contributed by atoms with Crippen LogP contribution in [-0.4, -0.2) is 23.9 Å². The molecule has 3 N–H and O–H groups in total. The summed E-state index contributed by atoms with van der Waals surface area (Å²) in [7, 11) is 1.62. The number of amides is 1. The lowest BCUT2D eigenvalue weighted by molar-refractivity contribution is -0.137. The molecule has 1 amide bonds. The number of nitrogens with one attached hydrogen (secondary N) is 1. The second-order valence-electron chi connectivity index (χ2n) is 5.40. The van der Waals surface area contributed by atoms with Gasteiger partial charge in [0.05, 0.1) is 11.3 Å². The Bertz CT molecular complexity index is 541. The van der Waals surface area contributed by atoms with E-state index in [0.29, 0.717) is 5.92 Å². The number of nitrogens with two attached hydrogens (primary N) is 1. The zero-order valence-corrected chi connectivity index (χ0v) is 11.9. The summed E-state index contributed by atoms with van der Waals surface area (Å²) in [6.45, 7) is 1.91. The van der Waals surface area contributed by atoms with Crippen LogP contribution in [0, 0.1) is 5.92 Å². The molecule has 0 radical (unpaired) electrons. The molecule has 2 rings (SSSR count). The smallest absolute Gasteiger partial charge is 0.339 e. The van der Waals surface area contributed by atoms with E-state index in [1.807, 2.05) is 12.3 Å². The van der Waals surface area contributed by atoms with Crippen LogP contribution in [0.25, 0.3) is 0 Å². The van der Waals surface area contributed by atoms with Gasteiger partial charge in [-0.2, -0.15) is 13.2 Å². The number of benzene rings is 1. The van der Waals surface area contributed by atoms with Gasteiger partial charge in [-0.25, -0.2) is 0 Å². The first-order chi connectivity index (χ1) is 9.75. The molecule has 1 unspecified atom stereocenters. The largest absolute Gasteiger partial charge is 0.418 e. The number of nitrogen functional groups attached to an aromatic ring is 1. The molecule has 0 saturated heterocycles. The van der Waals surface area contributed by atoms with Crippen LogP contribution in [-0.2, 0) is 6.18 Å². The molecular formula is C14H18F3N3O. The van der Waals surface area contributed by atoms with Crippen molar-refractivity contribution in [3.05, 3.63) is 29.3 Å². The zero-order valence-electron chi connectivity index (χ0n) is 11.9. The van der Waals surface area contributed by atoms with Crippen molar-refractivity contribution in [2.75, 3.05) is 12.5 Å². The third-order valence-electron chi connectivity index (χ3n) is 3.96. The Morgan fingerprint density at radius 3 is 2.52 bits per heavy atom. The van der Waals surface area contributed by atoms with Crippen molar-refractivity contribution in [3.8, 4) is 0 Å². The van der Waals surface area contributed by atoms with E-state index in [1.54, 1.807) is 7.05 Å². The van der Waals surface area contributed by atoms with E-state index in [4.69, 9.17) is 5.84 Å². The minimum atomic E-state index is -4.57. The Balaban J connectivity index is 2.29. The molecule has 1 saturated carbocycles. The molecule has 0 aliphatic heterocycles. The van der Waals surface area contributed by atoms with Gasteiger partial charge in [-0.05, 0) is 43.9 Å². The maximum absolute atomic E-state index is 13.0. The minimum Gasteiger partial charge on any atom is -0.339 e. The van der Waals surface area contributed by atoms with Crippen LogP contribution in [0.3, 0.4) is 0 Å². The van der Waals surface area contributed by atoms with E-state index in [-0.39, 0.29) is 17.3 Å². The van der Waals surface area contributed by atoms with Gasteiger partial charge in [-0.1, -0.05) is 0 Å². The number of halogens is 3. The van der Waals surface area contributed by atoms with Crippen molar-refractivity contribution in [1.29, 1.82) is 0 Å². The van der Waals surface area contributed by atoms with Crippen molar-refractivity contribution in [2.24, 2.45) is 11.8 Å². The molecule has 1 aromatic rings. The van der Waals surface area contributed by atoms with Crippen LogP contribution >= 0.6 is 0 Å². The third kappa shape index (κ3) is 3.29. The SMILES string of the molecule is CC(C1CC1)N(C)C(=O)c1ccc(NN)c(C(F)(F)F)c1. The van der Waals surface area contributed by atoms with Gasteiger partial charge in [0.1, 0.15) is 0 Å². The van der Waals surface area contributed by atoms with E-state index in [0.717, 1.165) is 18.9 Å². The summed E-state index contributed by atoms with van der Waals surface area (Å²) >= 11 is 0. The summed E-state index contributed by atoms with van der Waals surface area (Å²) in [6, 6.07) is 3.39. The second kappa shape index (κ2) is 5.55. The van der Waals surface area contributed by atoms with Crippen LogP contribution in [0.4, 0.5) is 18.9 Å². The quantitative estimate of drug-likeness (QED) is 0.664. The highest BCUT2D eigenvalue weighted by Crippen LogP contribution is 2.37. The van der Waals surface area contributed by atoms with Gasteiger partial charge < -0.3 is 10.3 Å². The minimum absolute atomic E-state index is 0.0105. The van der Waals surface area contributed by atoms with Crippen molar-refractivity contribution >= 4 is 11.6 Å². The summed E-state index contributed by atoms with van der Waals surface area (Å²) in [5, 5.41) is 0. The number of anilines is 1. The standard InChI is InChI=1S/C14H18F3N3O/c1-8(9-3-4-9)20(2)13(21)10-5-6-12(19-18)11(7-10)14(15,16)17/h5-9,19H,3-4,18H2,1-2H3. The first-order valence-corrected chi connectivity index (χ1v) is 6.70. The zero-order chi connectivity index (χ0) is 15.8. The molecule has 1 aromatic carbocycles. The Hall–Kier alpha value is -1.76. The number of hydrogen-bond donors (Lipinski definition) is 2. The van der Waals surface area contributed by atoms with Gasteiger partial charge in [0.2, 0.25) is 0 Å². The lowest BCUT2D eigenvalue weighted by Gasteiger charge is -2.25. The van der Waals surface area contributed by atoms with Gasteiger partial charge in [0.15, 0.2) is 0 Å². The van der Waals surface area contributed by atoms with Gasteiger partial charge in [-0.15, -0.1) is 0 Å². The van der Waals surface area contributed by atoms with Crippen molar-refractivity contribution in [2.45, 2.75) is 32.0 Å². The molecule has 0 aromatic heterocycles. The molecule has 0 spiro atoms. The fourth-order valence-electron chi connectivity index (χ4n) is 2.32. The molecule has 1 atom stereocenters. The number of nitrogens with zero attached hydrogens (tertiary/aromatic N) is 1. The van der Waals surface area contributed by atoms with Crippen molar-refractivity contribution < 1.29 is 18.0 Å². The van der Waals surface area contributed by atoms with Gasteiger partial charge >= 0.3 is 6.18 Å². The Morgan fingerprint density at radius 1 is 1.43 bits per heavy atom. The molecular weight excluding hydrogens is 283 g/mol. The third-order valence-corrected chi connectivity index (χ3v) is 3.96. The fraction of sp³-hybridized carbons (Fsp3) is 0.500. The number of hydrogen-bond acceptors (Lipinski definition) is 3. The summed E-state index contributed by atoms with van der Waals surface area (Å²) in [6.07, 6.45) is -2.45. The van der Waals surface area contributed by atoms with Crippen LogP contribution in [0.1, 0.15) is 35.7 Å². The highest BCUT2D eigenvalue weighted by atomic mass is 19.4. The Kier molecular flexibility index (Phi) is 4.13. The van der Waals surface area contributed by atoms with E-state index in [2.05, 4.69) is 0 Å². The monoisotopic (exact) mass is 301 g/mol. The maximum atomic E-state index is 13.0. The molecule has 1 fully saturated rings. The van der Waals surface area contributed by atoms with Crippen LogP contribution < -0.4 is 11.3 Å². The first-order valence-electron chi connectivity index (χ1n) is 6.70. The molecule has 4 nitrogen and oxygen atoms in total. The predicted molar refractivity (Wildman–Crippen MR) is 73.5 cm³/mol. The number of carbonyl (C=O) groups excluding carboxylic acids is 1. The summed E-state index contributed by atoms with van der Waals surface area (Å²) in [4.78, 5) is 13.8. The van der Waals surface area contributed by atoms with Crippen LogP contribution in [0.2, 0.25) is 0 Å². The average Bonchev–Trinajstić information content (AvgIpc) is 3.27. The van der Waals surface area contributed by atoms with E-state index >= 15 is 0 Å². The molecule has 7 heteroatoms. The summed E-state index contributed by atoms with van der Waals surface area (Å²) in [5.41, 5.74) is 0.820. The normalized spacial score (nSPS) is 16.5. The van der Waals surface area contributed by atoms with Crippen LogP contribution in [0.5, 0.6) is 0 Å². The highest BCUT2D eigenvalue weighted by molar-refractivity contribution is 5.95. The number of rotatable bonds is 4. The molecule has 1 aliphatic rings. The molecule has 1 aliphatic carbocycles. The number of alkyl halides is 3. The van der Waals surface area contributed by atoms with E-state index < -0.39 is 17.6 Å². The first kappa shape index (κ1) is 15.6. The highest BCUT2D eigenvalue weighted by Gasteiger charge is 2.36. The van der Waals surface area contributed by atoms with E-state index in [9.17, 15) is 18.0 Å². The average molecular weight is 301 g/mol. The molecule has 21 heavy (non-hydrogen) atoms. The van der Waals surface area contributed by atoms with Crippen LogP contribution in [0.15, 0.2) is 18.2 Å². The molecule has 0 heterocycles. The van der Waals surface area contributed by atoms with Crippen molar-refractivity contribution in [1.82, 2.24) is 4.90 Å². The lowest BCUT2D eigenvalue weighted by Crippen LogP contribution is -2.36. The van der Waals surface area contributed by atoms with Gasteiger partial charge in [0, 0.05) is 18.7 Å². The maximum Gasteiger partial charge on any atom is 0.418 e. The summed E-state index contributed by atoms with van der Waals surface area (Å²) < 4.78 is 38.9. The predicted octanol–water partition coefficient (Wildman–Crippen LogP) is 2.86. The Morgan fingerprint density at radius 2 is 2.05 bits per heavy atom. The topological polar surface area (TPSA) is 58.4 Å². The van der Waals surface area contributed by atoms with Crippen molar-refractivity contribution in [3.63, 3.8) is 0 Å². The number of carbonyl (C=O) groups is 1. The molecule has 0 bridgehead atoms. The molecule has 116 valence electrons.